The van der Waals surface area contributed by atoms with Crippen LogP contribution in [0.4, 0.5) is 0 Å². The molecule has 1 atom stereocenters. The summed E-state index contributed by atoms with van der Waals surface area (Å²) in [5.74, 6) is 0.679. The van der Waals surface area contributed by atoms with Gasteiger partial charge in [-0.1, -0.05) is 35.9 Å². The van der Waals surface area contributed by atoms with Gasteiger partial charge in [0.15, 0.2) is 0 Å². The van der Waals surface area contributed by atoms with Gasteiger partial charge in [-0.2, -0.15) is 0 Å². The maximum Gasteiger partial charge on any atom is 0.120 e. The average molecular weight is 291 g/mol. The number of aryl methyl sites for hydroxylation is 2. The van der Waals surface area contributed by atoms with Crippen LogP contribution in [0.5, 0.6) is 5.75 Å². The Morgan fingerprint density at radius 1 is 1.10 bits per heavy atom. The Hall–Kier alpha value is -1.51. The molecule has 20 heavy (non-hydrogen) atoms. The lowest BCUT2D eigenvalue weighted by Crippen LogP contribution is -2.21. The number of halogens is 1. The molecule has 1 N–H and O–H groups in total. The van der Waals surface area contributed by atoms with Gasteiger partial charge in [0.25, 0.3) is 0 Å². The molecular weight excluding hydrogens is 272 g/mol. The quantitative estimate of drug-likeness (QED) is 0.904. The summed E-state index contributed by atoms with van der Waals surface area (Å²) in [6.07, 6.45) is 0.0628. The first-order chi connectivity index (χ1) is 9.56. The first kappa shape index (κ1) is 14.9. The van der Waals surface area contributed by atoms with Crippen LogP contribution in [0, 0.1) is 13.8 Å². The molecule has 2 nitrogen and oxygen atoms in total. The Morgan fingerprint density at radius 3 is 2.40 bits per heavy atom. The van der Waals surface area contributed by atoms with Crippen molar-refractivity contribution < 1.29 is 9.84 Å². The summed E-state index contributed by atoms with van der Waals surface area (Å²) in [5.41, 5.74) is 3.59. The van der Waals surface area contributed by atoms with Crippen molar-refractivity contribution in [1.82, 2.24) is 0 Å². The zero-order valence-corrected chi connectivity index (χ0v) is 12.5. The number of hydrogen-bond acceptors (Lipinski definition) is 2. The molecule has 1 unspecified atom stereocenters. The highest BCUT2D eigenvalue weighted by Crippen LogP contribution is 2.19. The smallest absolute Gasteiger partial charge is 0.120 e. The first-order valence-electron chi connectivity index (χ1n) is 6.68. The van der Waals surface area contributed by atoms with E-state index in [9.17, 15) is 5.11 Å². The second kappa shape index (κ2) is 6.78. The maximum absolute atomic E-state index is 10.1. The molecule has 0 aromatic heterocycles. The van der Waals surface area contributed by atoms with Crippen LogP contribution in [-0.2, 0) is 6.42 Å². The van der Waals surface area contributed by atoms with Crippen molar-refractivity contribution in [1.29, 1.82) is 0 Å². The Balaban J connectivity index is 1.94. The molecule has 0 aliphatic carbocycles. The molecule has 2 rings (SSSR count). The van der Waals surface area contributed by atoms with Crippen molar-refractivity contribution in [2.45, 2.75) is 26.4 Å². The number of ether oxygens (including phenoxy) is 1. The predicted molar refractivity (Wildman–Crippen MR) is 82.6 cm³/mol. The minimum Gasteiger partial charge on any atom is -0.491 e. The van der Waals surface area contributed by atoms with E-state index >= 15 is 0 Å². The van der Waals surface area contributed by atoms with Crippen LogP contribution in [0.25, 0.3) is 0 Å². The zero-order chi connectivity index (χ0) is 14.5. The monoisotopic (exact) mass is 290 g/mol. The molecule has 0 saturated carbocycles. The molecule has 0 aliphatic heterocycles. The maximum atomic E-state index is 10.1. The normalized spacial score (nSPS) is 12.2. The molecule has 0 aliphatic rings. The molecule has 106 valence electrons. The van der Waals surface area contributed by atoms with E-state index in [-0.39, 0.29) is 6.61 Å². The third-order valence-corrected chi connectivity index (χ3v) is 3.56. The lowest BCUT2D eigenvalue weighted by atomic mass is 9.98. The van der Waals surface area contributed by atoms with Crippen LogP contribution in [0.2, 0.25) is 5.02 Å². The number of benzene rings is 2. The van der Waals surface area contributed by atoms with E-state index in [4.69, 9.17) is 16.3 Å². The number of rotatable bonds is 5. The van der Waals surface area contributed by atoms with Crippen molar-refractivity contribution in [3.8, 4) is 5.75 Å². The molecule has 0 amide bonds. The SMILES string of the molecule is Cc1cccc(C)c1CC(O)COc1cccc(Cl)c1. The highest BCUT2D eigenvalue weighted by atomic mass is 35.5. The standard InChI is InChI=1S/C17H19ClO2/c1-12-5-3-6-13(2)17(12)10-15(19)11-20-16-8-4-7-14(18)9-16/h3-9,15,19H,10-11H2,1-2H3. The fraction of sp³-hybridized carbons (Fsp3) is 0.294. The molecule has 0 saturated heterocycles. The van der Waals surface area contributed by atoms with Gasteiger partial charge in [-0.25, -0.2) is 0 Å². The lowest BCUT2D eigenvalue weighted by Gasteiger charge is -2.15. The summed E-state index contributed by atoms with van der Waals surface area (Å²) in [6, 6.07) is 13.4. The van der Waals surface area contributed by atoms with E-state index in [1.165, 1.54) is 16.7 Å². The van der Waals surface area contributed by atoms with Crippen molar-refractivity contribution in [3.05, 3.63) is 64.2 Å². The molecule has 0 heterocycles. The third-order valence-electron chi connectivity index (χ3n) is 3.32. The van der Waals surface area contributed by atoms with Crippen LogP contribution in [0.15, 0.2) is 42.5 Å². The fourth-order valence-electron chi connectivity index (χ4n) is 2.21. The van der Waals surface area contributed by atoms with Crippen molar-refractivity contribution >= 4 is 11.6 Å². The topological polar surface area (TPSA) is 29.5 Å². The van der Waals surface area contributed by atoms with Gasteiger partial charge in [0.05, 0.1) is 6.10 Å². The van der Waals surface area contributed by atoms with Gasteiger partial charge in [0, 0.05) is 11.4 Å². The Labute approximate surface area is 125 Å². The molecule has 2 aromatic carbocycles. The third kappa shape index (κ3) is 3.99. The zero-order valence-electron chi connectivity index (χ0n) is 11.8. The van der Waals surface area contributed by atoms with Crippen LogP contribution < -0.4 is 4.74 Å². The van der Waals surface area contributed by atoms with Gasteiger partial charge in [0.1, 0.15) is 12.4 Å². The molecule has 2 aromatic rings. The van der Waals surface area contributed by atoms with Gasteiger partial charge < -0.3 is 9.84 Å². The fourth-order valence-corrected chi connectivity index (χ4v) is 2.39. The molecule has 0 bridgehead atoms. The number of aliphatic hydroxyl groups is 1. The Morgan fingerprint density at radius 2 is 1.75 bits per heavy atom. The number of hydrogen-bond donors (Lipinski definition) is 1. The van der Waals surface area contributed by atoms with Gasteiger partial charge in [-0.05, 0) is 48.7 Å². The predicted octanol–water partition coefficient (Wildman–Crippen LogP) is 3.94. The minimum atomic E-state index is -0.534. The molecule has 0 radical (unpaired) electrons. The first-order valence-corrected chi connectivity index (χ1v) is 7.05. The summed E-state index contributed by atoms with van der Waals surface area (Å²) in [6.45, 7) is 4.38. The average Bonchev–Trinajstić information content (AvgIpc) is 2.41. The van der Waals surface area contributed by atoms with Crippen LogP contribution in [0.3, 0.4) is 0 Å². The summed E-state index contributed by atoms with van der Waals surface area (Å²) < 4.78 is 5.57. The lowest BCUT2D eigenvalue weighted by molar-refractivity contribution is 0.107. The van der Waals surface area contributed by atoms with Gasteiger partial charge in [-0.15, -0.1) is 0 Å². The van der Waals surface area contributed by atoms with Crippen LogP contribution >= 0.6 is 11.6 Å². The van der Waals surface area contributed by atoms with Crippen molar-refractivity contribution in [2.75, 3.05) is 6.61 Å². The minimum absolute atomic E-state index is 0.258. The van der Waals surface area contributed by atoms with Crippen molar-refractivity contribution in [3.63, 3.8) is 0 Å². The number of aliphatic hydroxyl groups excluding tert-OH is 1. The summed E-state index contributed by atoms with van der Waals surface area (Å²) in [5, 5.41) is 10.8. The largest absolute Gasteiger partial charge is 0.491 e. The van der Waals surface area contributed by atoms with E-state index in [1.54, 1.807) is 12.1 Å². The van der Waals surface area contributed by atoms with E-state index in [1.807, 2.05) is 18.2 Å². The summed E-state index contributed by atoms with van der Waals surface area (Å²) in [7, 11) is 0. The van der Waals surface area contributed by atoms with Gasteiger partial charge >= 0.3 is 0 Å². The Kier molecular flexibility index (Phi) is 5.05. The van der Waals surface area contributed by atoms with E-state index in [2.05, 4.69) is 26.0 Å². The van der Waals surface area contributed by atoms with Crippen LogP contribution in [-0.4, -0.2) is 17.8 Å². The second-order valence-corrected chi connectivity index (χ2v) is 5.43. The highest BCUT2D eigenvalue weighted by Gasteiger charge is 2.10. The highest BCUT2D eigenvalue weighted by molar-refractivity contribution is 6.30. The van der Waals surface area contributed by atoms with E-state index in [0.717, 1.165) is 0 Å². The van der Waals surface area contributed by atoms with Gasteiger partial charge in [-0.3, -0.25) is 0 Å². The molecule has 3 heteroatoms. The van der Waals surface area contributed by atoms with Crippen molar-refractivity contribution in [2.24, 2.45) is 0 Å². The summed E-state index contributed by atoms with van der Waals surface area (Å²) in [4.78, 5) is 0. The van der Waals surface area contributed by atoms with Gasteiger partial charge in [0.2, 0.25) is 0 Å². The molecule has 0 spiro atoms. The molecule has 0 fully saturated rings. The second-order valence-electron chi connectivity index (χ2n) is 5.00. The van der Waals surface area contributed by atoms with Crippen LogP contribution in [0.1, 0.15) is 16.7 Å². The van der Waals surface area contributed by atoms with E-state index in [0.29, 0.717) is 17.2 Å². The van der Waals surface area contributed by atoms with E-state index < -0.39 is 6.10 Å². The Bertz CT molecular complexity index is 561. The molecular formula is C17H19ClO2. The summed E-state index contributed by atoms with van der Waals surface area (Å²) >= 11 is 5.89.